The van der Waals surface area contributed by atoms with E-state index in [2.05, 4.69) is 10.6 Å². The van der Waals surface area contributed by atoms with Crippen molar-refractivity contribution in [1.82, 2.24) is 10.6 Å². The van der Waals surface area contributed by atoms with Gasteiger partial charge in [-0.15, -0.1) is 0 Å². The lowest BCUT2D eigenvalue weighted by Crippen LogP contribution is -2.44. The first-order chi connectivity index (χ1) is 9.16. The summed E-state index contributed by atoms with van der Waals surface area (Å²) in [6.07, 6.45) is 4.31. The van der Waals surface area contributed by atoms with Gasteiger partial charge in [0, 0.05) is 0 Å². The maximum atomic E-state index is 12.9. The molecular formula is C15H21FN2O. The van der Waals surface area contributed by atoms with Crippen LogP contribution in [0.15, 0.2) is 24.3 Å². The van der Waals surface area contributed by atoms with Crippen LogP contribution in [0, 0.1) is 5.82 Å². The quantitative estimate of drug-likeness (QED) is 0.881. The first-order valence-corrected chi connectivity index (χ1v) is 6.96. The van der Waals surface area contributed by atoms with E-state index in [0.29, 0.717) is 0 Å². The summed E-state index contributed by atoms with van der Waals surface area (Å²) in [5.41, 5.74) is 0.920. The second-order valence-corrected chi connectivity index (χ2v) is 5.14. The topological polar surface area (TPSA) is 41.1 Å². The fourth-order valence-corrected chi connectivity index (χ4v) is 2.40. The molecule has 1 saturated heterocycles. The molecule has 1 aromatic carbocycles. The Morgan fingerprint density at radius 2 is 2.05 bits per heavy atom. The van der Waals surface area contributed by atoms with E-state index in [1.165, 1.54) is 18.6 Å². The summed E-state index contributed by atoms with van der Waals surface area (Å²) in [5.74, 6) is -0.216. The van der Waals surface area contributed by atoms with Gasteiger partial charge in [0.1, 0.15) is 5.82 Å². The number of halogens is 1. The highest BCUT2D eigenvalue weighted by molar-refractivity contribution is 5.82. The molecule has 0 aromatic heterocycles. The molecule has 1 heterocycles. The maximum Gasteiger partial charge on any atom is 0.237 e. The van der Waals surface area contributed by atoms with Crippen molar-refractivity contribution in [1.29, 1.82) is 0 Å². The van der Waals surface area contributed by atoms with E-state index in [1.807, 2.05) is 6.92 Å². The van der Waals surface area contributed by atoms with Gasteiger partial charge in [-0.3, -0.25) is 4.79 Å². The molecule has 0 spiro atoms. The van der Waals surface area contributed by atoms with Gasteiger partial charge < -0.3 is 10.6 Å². The Bertz CT molecular complexity index is 411. The molecule has 1 aliphatic rings. The van der Waals surface area contributed by atoms with Crippen molar-refractivity contribution in [2.45, 2.75) is 44.7 Å². The maximum absolute atomic E-state index is 12.9. The monoisotopic (exact) mass is 264 g/mol. The second-order valence-electron chi connectivity index (χ2n) is 5.14. The van der Waals surface area contributed by atoms with Gasteiger partial charge in [-0.1, -0.05) is 25.0 Å². The van der Waals surface area contributed by atoms with Crippen LogP contribution in [0.4, 0.5) is 4.39 Å². The van der Waals surface area contributed by atoms with E-state index in [9.17, 15) is 9.18 Å². The Hall–Kier alpha value is -1.42. The molecule has 2 rings (SSSR count). The predicted octanol–water partition coefficient (Wildman–Crippen LogP) is 2.54. The van der Waals surface area contributed by atoms with E-state index in [0.717, 1.165) is 31.4 Å². The Morgan fingerprint density at radius 1 is 1.32 bits per heavy atom. The highest BCUT2D eigenvalue weighted by Gasteiger charge is 2.21. The summed E-state index contributed by atoms with van der Waals surface area (Å²) in [4.78, 5) is 12.2. The Kier molecular flexibility index (Phi) is 4.91. The molecule has 0 radical (unpaired) electrons. The molecule has 19 heavy (non-hydrogen) atoms. The number of hydrogen-bond donors (Lipinski definition) is 2. The van der Waals surface area contributed by atoms with Crippen LogP contribution >= 0.6 is 0 Å². The van der Waals surface area contributed by atoms with Crippen molar-refractivity contribution in [2.75, 3.05) is 6.54 Å². The van der Waals surface area contributed by atoms with E-state index in [1.54, 1.807) is 12.1 Å². The summed E-state index contributed by atoms with van der Waals surface area (Å²) in [7, 11) is 0. The SMILES string of the molecule is C[C@H](NC(=O)C1CCCCCN1)c1ccc(F)cc1. The zero-order valence-corrected chi connectivity index (χ0v) is 11.3. The normalized spacial score (nSPS) is 21.5. The molecule has 1 aliphatic heterocycles. The number of carbonyl (C=O) groups is 1. The summed E-state index contributed by atoms with van der Waals surface area (Å²) in [5, 5.41) is 6.26. The standard InChI is InChI=1S/C15H21FN2O/c1-11(12-6-8-13(16)9-7-12)18-15(19)14-5-3-2-4-10-17-14/h6-9,11,14,17H,2-5,10H2,1H3,(H,18,19)/t11-,14?/m0/s1. The predicted molar refractivity (Wildman–Crippen MR) is 73.2 cm³/mol. The molecular weight excluding hydrogens is 243 g/mol. The molecule has 1 fully saturated rings. The van der Waals surface area contributed by atoms with Crippen LogP contribution in [0.2, 0.25) is 0 Å². The van der Waals surface area contributed by atoms with Gasteiger partial charge in [0.2, 0.25) is 5.91 Å². The molecule has 0 saturated carbocycles. The van der Waals surface area contributed by atoms with Gasteiger partial charge >= 0.3 is 0 Å². The zero-order valence-electron chi connectivity index (χ0n) is 11.3. The van der Waals surface area contributed by atoms with Crippen LogP contribution in [0.3, 0.4) is 0 Å². The fourth-order valence-electron chi connectivity index (χ4n) is 2.40. The third kappa shape index (κ3) is 4.03. The molecule has 1 unspecified atom stereocenters. The molecule has 0 bridgehead atoms. The van der Waals surface area contributed by atoms with E-state index < -0.39 is 0 Å². The minimum absolute atomic E-state index is 0.0405. The first-order valence-electron chi connectivity index (χ1n) is 6.96. The molecule has 2 atom stereocenters. The molecule has 1 amide bonds. The van der Waals surface area contributed by atoms with Crippen molar-refractivity contribution < 1.29 is 9.18 Å². The van der Waals surface area contributed by atoms with Crippen LogP contribution in [-0.2, 0) is 4.79 Å². The molecule has 1 aromatic rings. The lowest BCUT2D eigenvalue weighted by molar-refractivity contribution is -0.123. The van der Waals surface area contributed by atoms with Gasteiger partial charge in [0.15, 0.2) is 0 Å². The van der Waals surface area contributed by atoms with Gasteiger partial charge in [-0.25, -0.2) is 4.39 Å². The van der Waals surface area contributed by atoms with Crippen molar-refractivity contribution in [3.05, 3.63) is 35.6 Å². The van der Waals surface area contributed by atoms with Gasteiger partial charge in [-0.2, -0.15) is 0 Å². The van der Waals surface area contributed by atoms with Crippen molar-refractivity contribution in [3.63, 3.8) is 0 Å². The van der Waals surface area contributed by atoms with Crippen molar-refractivity contribution in [3.8, 4) is 0 Å². The smallest absolute Gasteiger partial charge is 0.237 e. The molecule has 2 N–H and O–H groups in total. The van der Waals surface area contributed by atoms with Gasteiger partial charge in [0.25, 0.3) is 0 Å². The van der Waals surface area contributed by atoms with Crippen LogP contribution < -0.4 is 10.6 Å². The highest BCUT2D eigenvalue weighted by atomic mass is 19.1. The number of hydrogen-bond acceptors (Lipinski definition) is 2. The molecule has 104 valence electrons. The Labute approximate surface area is 113 Å². The number of carbonyl (C=O) groups excluding carboxylic acids is 1. The lowest BCUT2D eigenvalue weighted by atomic mass is 10.1. The minimum atomic E-state index is -0.257. The Balaban J connectivity index is 1.92. The molecule has 3 nitrogen and oxygen atoms in total. The average molecular weight is 264 g/mol. The van der Waals surface area contributed by atoms with E-state index in [-0.39, 0.29) is 23.8 Å². The fraction of sp³-hybridized carbons (Fsp3) is 0.533. The van der Waals surface area contributed by atoms with Crippen LogP contribution in [0.5, 0.6) is 0 Å². The van der Waals surface area contributed by atoms with Crippen LogP contribution in [0.25, 0.3) is 0 Å². The first kappa shape index (κ1) is 14.0. The zero-order chi connectivity index (χ0) is 13.7. The minimum Gasteiger partial charge on any atom is -0.348 e. The molecule has 0 aliphatic carbocycles. The van der Waals surface area contributed by atoms with Crippen LogP contribution in [0.1, 0.15) is 44.2 Å². The summed E-state index contributed by atoms with van der Waals surface area (Å²) >= 11 is 0. The number of nitrogens with one attached hydrogen (secondary N) is 2. The number of amides is 1. The second kappa shape index (κ2) is 6.66. The number of benzene rings is 1. The average Bonchev–Trinajstić information content (AvgIpc) is 2.68. The van der Waals surface area contributed by atoms with E-state index >= 15 is 0 Å². The van der Waals surface area contributed by atoms with E-state index in [4.69, 9.17) is 0 Å². The highest BCUT2D eigenvalue weighted by Crippen LogP contribution is 2.14. The third-order valence-corrected chi connectivity index (χ3v) is 3.61. The summed E-state index contributed by atoms with van der Waals surface area (Å²) < 4.78 is 12.9. The Morgan fingerprint density at radius 3 is 2.79 bits per heavy atom. The van der Waals surface area contributed by atoms with Crippen molar-refractivity contribution >= 4 is 5.91 Å². The summed E-state index contributed by atoms with van der Waals surface area (Å²) in [6, 6.07) is 6.06. The van der Waals surface area contributed by atoms with Gasteiger partial charge in [0.05, 0.1) is 12.1 Å². The summed E-state index contributed by atoms with van der Waals surface area (Å²) in [6.45, 7) is 2.82. The van der Waals surface area contributed by atoms with Crippen molar-refractivity contribution in [2.24, 2.45) is 0 Å². The third-order valence-electron chi connectivity index (χ3n) is 3.61. The van der Waals surface area contributed by atoms with Crippen LogP contribution in [-0.4, -0.2) is 18.5 Å². The number of rotatable bonds is 3. The largest absolute Gasteiger partial charge is 0.348 e. The lowest BCUT2D eigenvalue weighted by Gasteiger charge is -2.20. The van der Waals surface area contributed by atoms with Gasteiger partial charge in [-0.05, 0) is 44.0 Å². The molecule has 4 heteroatoms.